The van der Waals surface area contributed by atoms with Crippen molar-refractivity contribution >= 4 is 151 Å². The van der Waals surface area contributed by atoms with Gasteiger partial charge in [0.05, 0.1) is 13.2 Å². The Morgan fingerprint density at radius 1 is 0.562 bits per heavy atom. The van der Waals surface area contributed by atoms with Crippen molar-refractivity contribution in [2.45, 2.75) is 34.6 Å². The molecule has 0 aliphatic carbocycles. The first-order valence-electron chi connectivity index (χ1n) is 8.75. The van der Waals surface area contributed by atoms with Gasteiger partial charge >= 0.3 is 165 Å². The third kappa shape index (κ3) is 36.9. The van der Waals surface area contributed by atoms with Crippen LogP contribution in [0.4, 0.5) is 0 Å². The summed E-state index contributed by atoms with van der Waals surface area (Å²) in [7, 11) is 4.76. The Morgan fingerprint density at radius 3 is 0.906 bits per heavy atom. The normalized spacial score (nSPS) is 8.53. The zero-order chi connectivity index (χ0) is 24.7. The molecule has 0 aromatic carbocycles. The minimum atomic E-state index is -2.31. The molecule has 0 aromatic heterocycles. The molecule has 0 atom stereocenters. The molecule has 0 rings (SSSR count). The van der Waals surface area contributed by atoms with Crippen molar-refractivity contribution in [3.63, 3.8) is 0 Å². The molecule has 0 saturated heterocycles. The topological polar surface area (TPSA) is 46.2 Å². The summed E-state index contributed by atoms with van der Waals surface area (Å²) in [6.45, 7) is 12.3. The molecule has 0 aromatic rings. The van der Waals surface area contributed by atoms with Gasteiger partial charge in [-0.05, 0) is 13.8 Å². The second kappa shape index (κ2) is 31.4. The number of hydrogen-bond donors (Lipinski definition) is 0. The van der Waals surface area contributed by atoms with E-state index in [0.717, 1.165) is 0 Å². The van der Waals surface area contributed by atoms with E-state index in [2.05, 4.69) is 59.2 Å². The maximum absolute atomic E-state index is 5.31. The van der Waals surface area contributed by atoms with E-state index in [1.807, 2.05) is 34.6 Å². The van der Waals surface area contributed by atoms with Crippen molar-refractivity contribution in [2.75, 3.05) is 33.0 Å². The van der Waals surface area contributed by atoms with E-state index < -0.39 is 17.1 Å². The smallest absolute Gasteiger partial charge is 2.00 e. The van der Waals surface area contributed by atoms with Crippen molar-refractivity contribution in [2.24, 2.45) is 0 Å². The van der Waals surface area contributed by atoms with Crippen LogP contribution < -0.4 is 0 Å². The van der Waals surface area contributed by atoms with Gasteiger partial charge in [0.2, 0.25) is 0 Å². The van der Waals surface area contributed by atoms with Crippen molar-refractivity contribution < 1.29 is 40.8 Å². The molecule has 0 amide bonds. The Balaban J connectivity index is -0.000000248. The second-order valence-electron chi connectivity index (χ2n) is 4.06. The van der Waals surface area contributed by atoms with Crippen molar-refractivity contribution in [3.05, 3.63) is 0 Å². The van der Waals surface area contributed by atoms with Gasteiger partial charge in [-0.25, -0.2) is 0 Å². The first-order chi connectivity index (χ1) is 14.6. The van der Waals surface area contributed by atoms with Crippen LogP contribution in [0.5, 0.6) is 0 Å². The SMILES string of the molecule is CCOC(=S)[S-].CCOC(=S)[S-].CCOC(=S)[S][In]([S]C(=S)OCC)[S]C(=S)OCC.[Cu+2]. The predicted octanol–water partition coefficient (Wildman–Crippen LogP) is 5.84. The molecule has 0 spiro atoms. The first kappa shape index (κ1) is 41.5. The maximum atomic E-state index is 5.31. The number of thiocarbonyl (C=S) groups is 5. The molecular formula is C15H25CuInO5S10. The van der Waals surface area contributed by atoms with Gasteiger partial charge in [-0.15, -0.1) is 0 Å². The van der Waals surface area contributed by atoms with Gasteiger partial charge in [-0.2, -0.15) is 0 Å². The number of hydrogen-bond acceptors (Lipinski definition) is 15. The van der Waals surface area contributed by atoms with Crippen LogP contribution in [0.3, 0.4) is 0 Å². The fourth-order valence-electron chi connectivity index (χ4n) is 0.999. The molecule has 189 valence electrons. The van der Waals surface area contributed by atoms with E-state index in [4.69, 9.17) is 50.9 Å². The summed E-state index contributed by atoms with van der Waals surface area (Å²) < 4.78 is 27.2. The summed E-state index contributed by atoms with van der Waals surface area (Å²) in [5, 5.41) is 0. The molecule has 1 radical (unpaired) electrons. The Hall–Kier alpha value is 2.33. The van der Waals surface area contributed by atoms with Crippen molar-refractivity contribution in [1.29, 1.82) is 0 Å². The molecule has 0 bridgehead atoms. The molecule has 5 nitrogen and oxygen atoms in total. The number of ether oxygens (including phenoxy) is 5. The average molecular weight is 784 g/mol. The third-order valence-electron chi connectivity index (χ3n) is 1.89. The van der Waals surface area contributed by atoms with Gasteiger partial charge in [-0.1, -0.05) is 0 Å². The van der Waals surface area contributed by atoms with Gasteiger partial charge in [0.1, 0.15) is 0 Å². The van der Waals surface area contributed by atoms with E-state index in [9.17, 15) is 0 Å². The molecular weight excluding hydrogens is 759 g/mol. The predicted molar refractivity (Wildman–Crippen MR) is 164 cm³/mol. The Morgan fingerprint density at radius 2 is 0.781 bits per heavy atom. The molecule has 0 unspecified atom stereocenters. The van der Waals surface area contributed by atoms with Crippen LogP contribution in [0, 0.1) is 0 Å². The van der Waals surface area contributed by atoms with E-state index in [-0.39, 0.29) is 25.8 Å². The van der Waals surface area contributed by atoms with E-state index in [1.165, 1.54) is 0 Å². The monoisotopic (exact) mass is 783 g/mol. The molecule has 0 heterocycles. The van der Waals surface area contributed by atoms with Crippen LogP contribution in [0.15, 0.2) is 0 Å². The Labute approximate surface area is 256 Å². The molecule has 0 saturated carbocycles. The Kier molecular flexibility index (Phi) is 40.6. The van der Waals surface area contributed by atoms with Crippen LogP contribution in [-0.4, -0.2) is 72.0 Å². The summed E-state index contributed by atoms with van der Waals surface area (Å²) in [5.74, 6) is 0. The van der Waals surface area contributed by atoms with Gasteiger partial charge in [-0.3, -0.25) is 0 Å². The second-order valence-corrected chi connectivity index (χ2v) is 33.0. The third-order valence-corrected chi connectivity index (χ3v) is 31.5. The Bertz CT molecular complexity index is 481. The summed E-state index contributed by atoms with van der Waals surface area (Å²) in [5.41, 5.74) is 0. The molecule has 32 heavy (non-hydrogen) atoms. The molecule has 0 aliphatic rings. The largest absolute Gasteiger partial charge is 2.00 e. The maximum Gasteiger partial charge on any atom is 2.00 e. The van der Waals surface area contributed by atoms with Crippen LogP contribution in [0.25, 0.3) is 0 Å². The molecule has 0 N–H and O–H groups in total. The fourth-order valence-corrected chi connectivity index (χ4v) is 36.6. The van der Waals surface area contributed by atoms with Gasteiger partial charge in [0.15, 0.2) is 0 Å². The standard InChI is InChI=1S/5C3H6OS2.Cu.In/c5*1-2-4-3(5)6;;/h5*2H2,1H3,(H,5,6);;/q;;;;;+2;+3/p-5. The minimum absolute atomic E-state index is 0. The molecule has 0 fully saturated rings. The van der Waals surface area contributed by atoms with Gasteiger partial charge in [0.25, 0.3) is 0 Å². The number of rotatable bonds is 8. The first-order valence-corrected chi connectivity index (χ1v) is 26.4. The summed E-state index contributed by atoms with van der Waals surface area (Å²) in [6.07, 6.45) is 0. The fraction of sp³-hybridized carbons (Fsp3) is 0.667. The summed E-state index contributed by atoms with van der Waals surface area (Å²) >= 11 is 30.7. The zero-order valence-electron chi connectivity index (χ0n) is 18.0. The van der Waals surface area contributed by atoms with Crippen molar-refractivity contribution in [3.8, 4) is 0 Å². The van der Waals surface area contributed by atoms with E-state index in [0.29, 0.717) is 46.2 Å². The van der Waals surface area contributed by atoms with E-state index >= 15 is 0 Å². The summed E-state index contributed by atoms with van der Waals surface area (Å²) in [4.78, 5) is 0. The van der Waals surface area contributed by atoms with Crippen molar-refractivity contribution in [1.82, 2.24) is 0 Å². The van der Waals surface area contributed by atoms with Gasteiger partial charge in [0, 0.05) is 8.77 Å². The van der Waals surface area contributed by atoms with Crippen LogP contribution in [-0.2, 0) is 66.0 Å². The molecule has 17 heteroatoms. The zero-order valence-corrected chi connectivity index (χ0v) is 30.4. The minimum Gasteiger partial charge on any atom is 2.00 e. The average Bonchev–Trinajstić information content (AvgIpc) is 2.62. The van der Waals surface area contributed by atoms with Crippen LogP contribution in [0.1, 0.15) is 34.6 Å². The quantitative estimate of drug-likeness (QED) is 0.168. The van der Waals surface area contributed by atoms with Crippen LogP contribution >= 0.6 is 86.8 Å². The van der Waals surface area contributed by atoms with Gasteiger partial charge < -0.3 is 59.2 Å². The summed E-state index contributed by atoms with van der Waals surface area (Å²) in [6, 6.07) is 0. The molecule has 0 aliphatic heterocycles. The van der Waals surface area contributed by atoms with Crippen LogP contribution in [0.2, 0.25) is 0 Å². The van der Waals surface area contributed by atoms with E-state index in [1.54, 1.807) is 25.8 Å².